The van der Waals surface area contributed by atoms with Crippen molar-refractivity contribution in [2.75, 3.05) is 18.4 Å². The van der Waals surface area contributed by atoms with Crippen molar-refractivity contribution < 1.29 is 35.9 Å². The van der Waals surface area contributed by atoms with Gasteiger partial charge in [0.1, 0.15) is 0 Å². The van der Waals surface area contributed by atoms with Crippen LogP contribution in [0.1, 0.15) is 35.7 Å². The van der Waals surface area contributed by atoms with Gasteiger partial charge >= 0.3 is 12.1 Å². The van der Waals surface area contributed by atoms with E-state index < -0.39 is 39.7 Å². The van der Waals surface area contributed by atoms with E-state index in [4.69, 9.17) is 16.3 Å². The molecule has 0 aliphatic carbocycles. The molecule has 1 atom stereocenters. The molecule has 0 bridgehead atoms. The Morgan fingerprint density at radius 2 is 1.70 bits per heavy atom. The maximum absolute atomic E-state index is 12.9. The molecule has 1 fully saturated rings. The first-order valence-corrected chi connectivity index (χ1v) is 11.7. The molecule has 1 N–H and O–H groups in total. The maximum atomic E-state index is 12.9. The smallest absolute Gasteiger partial charge is 0.416 e. The van der Waals surface area contributed by atoms with Crippen LogP contribution in [-0.2, 0) is 25.7 Å². The highest BCUT2D eigenvalue weighted by Crippen LogP contribution is 2.34. The zero-order chi connectivity index (χ0) is 24.4. The van der Waals surface area contributed by atoms with E-state index in [1.807, 2.05) is 0 Å². The average Bonchev–Trinajstić information content (AvgIpc) is 3.30. The molecule has 3 rings (SSSR count). The molecule has 0 aromatic heterocycles. The van der Waals surface area contributed by atoms with E-state index in [9.17, 15) is 31.2 Å². The van der Waals surface area contributed by atoms with Gasteiger partial charge in [-0.25, -0.2) is 13.2 Å². The summed E-state index contributed by atoms with van der Waals surface area (Å²) >= 11 is 5.85. The van der Waals surface area contributed by atoms with Gasteiger partial charge in [0.15, 0.2) is 6.10 Å². The van der Waals surface area contributed by atoms with Crippen LogP contribution < -0.4 is 5.32 Å². The minimum Gasteiger partial charge on any atom is -0.449 e. The van der Waals surface area contributed by atoms with Crippen LogP contribution in [0.5, 0.6) is 0 Å². The summed E-state index contributed by atoms with van der Waals surface area (Å²) in [6.45, 7) is 2.12. The van der Waals surface area contributed by atoms with Gasteiger partial charge in [-0.05, 0) is 62.2 Å². The van der Waals surface area contributed by atoms with Crippen LogP contribution >= 0.6 is 11.6 Å². The van der Waals surface area contributed by atoms with Crippen LogP contribution in [0.15, 0.2) is 47.4 Å². The van der Waals surface area contributed by atoms with Crippen LogP contribution in [0.25, 0.3) is 0 Å². The number of rotatable bonds is 6. The predicted octanol–water partition coefficient (Wildman–Crippen LogP) is 4.33. The molecular weight excluding hydrogens is 485 g/mol. The van der Waals surface area contributed by atoms with Gasteiger partial charge in [0.25, 0.3) is 5.91 Å². The van der Waals surface area contributed by atoms with E-state index in [2.05, 4.69) is 5.32 Å². The summed E-state index contributed by atoms with van der Waals surface area (Å²) in [5, 5.41) is 2.09. The second kappa shape index (κ2) is 9.70. The molecule has 1 aliphatic rings. The summed E-state index contributed by atoms with van der Waals surface area (Å²) in [6.07, 6.45) is -4.42. The number of carbonyl (C=O) groups excluding carboxylic acids is 2. The molecule has 1 amide bonds. The minimum absolute atomic E-state index is 0.00660. The number of nitrogens with one attached hydrogen (secondary N) is 1. The van der Waals surface area contributed by atoms with E-state index >= 15 is 0 Å². The summed E-state index contributed by atoms with van der Waals surface area (Å²) in [5.74, 6) is -1.80. The summed E-state index contributed by atoms with van der Waals surface area (Å²) < 4.78 is 70.2. The van der Waals surface area contributed by atoms with Gasteiger partial charge in [0.05, 0.1) is 26.7 Å². The van der Waals surface area contributed by atoms with Gasteiger partial charge in [0, 0.05) is 13.1 Å². The van der Waals surface area contributed by atoms with Gasteiger partial charge in [-0.3, -0.25) is 4.79 Å². The third-order valence-corrected chi connectivity index (χ3v) is 7.24. The maximum Gasteiger partial charge on any atom is 0.416 e. The van der Waals surface area contributed by atoms with Crippen LogP contribution in [0.3, 0.4) is 0 Å². The predicted molar refractivity (Wildman–Crippen MR) is 114 cm³/mol. The number of esters is 1. The number of hydrogen-bond donors (Lipinski definition) is 1. The molecule has 2 aromatic carbocycles. The van der Waals surface area contributed by atoms with E-state index in [1.54, 1.807) is 0 Å². The summed E-state index contributed by atoms with van der Waals surface area (Å²) in [7, 11) is -3.65. The standard InChI is InChI=1S/C21H20ClF3N2O5S/c1-13(19(28)26-18-12-15(21(23,24)25)6-9-17(18)22)32-20(29)14-4-7-16(8-5-14)33(30,31)27-10-2-3-11-27/h4-9,12-13H,2-3,10-11H2,1H3,(H,26,28). The van der Waals surface area contributed by atoms with E-state index in [0.29, 0.717) is 19.2 Å². The SMILES string of the molecule is CC(OC(=O)c1ccc(S(=O)(=O)N2CCCC2)cc1)C(=O)Nc1cc(C(F)(F)F)ccc1Cl. The molecule has 12 heteroatoms. The number of ether oxygens (including phenoxy) is 1. The fraction of sp³-hybridized carbons (Fsp3) is 0.333. The molecule has 178 valence electrons. The number of carbonyl (C=O) groups is 2. The Labute approximate surface area is 193 Å². The zero-order valence-electron chi connectivity index (χ0n) is 17.4. The minimum atomic E-state index is -4.63. The van der Waals surface area contributed by atoms with Crippen molar-refractivity contribution in [3.05, 3.63) is 58.6 Å². The third kappa shape index (κ3) is 5.84. The van der Waals surface area contributed by atoms with Crippen LogP contribution in [-0.4, -0.2) is 43.8 Å². The molecule has 0 spiro atoms. The van der Waals surface area contributed by atoms with Crippen molar-refractivity contribution in [2.24, 2.45) is 0 Å². The fourth-order valence-corrected chi connectivity index (χ4v) is 4.84. The molecule has 1 heterocycles. The van der Waals surface area contributed by atoms with Crippen molar-refractivity contribution in [3.8, 4) is 0 Å². The number of hydrogen-bond acceptors (Lipinski definition) is 5. The average molecular weight is 505 g/mol. The Kier molecular flexibility index (Phi) is 7.35. The lowest BCUT2D eigenvalue weighted by Crippen LogP contribution is -2.30. The molecule has 33 heavy (non-hydrogen) atoms. The Morgan fingerprint density at radius 1 is 1.09 bits per heavy atom. The number of sulfonamides is 1. The third-order valence-electron chi connectivity index (χ3n) is 5.00. The summed E-state index contributed by atoms with van der Waals surface area (Å²) in [6, 6.07) is 7.52. The molecule has 2 aromatic rings. The van der Waals surface area contributed by atoms with Gasteiger partial charge in [-0.1, -0.05) is 11.6 Å². The van der Waals surface area contributed by atoms with Crippen molar-refractivity contribution in [3.63, 3.8) is 0 Å². The van der Waals surface area contributed by atoms with Crippen molar-refractivity contribution in [1.82, 2.24) is 4.31 Å². The van der Waals surface area contributed by atoms with Crippen molar-refractivity contribution in [1.29, 1.82) is 0 Å². The lowest BCUT2D eigenvalue weighted by Gasteiger charge is -2.16. The quantitative estimate of drug-likeness (QED) is 0.591. The summed E-state index contributed by atoms with van der Waals surface area (Å²) in [5.41, 5.74) is -1.28. The zero-order valence-corrected chi connectivity index (χ0v) is 18.9. The number of alkyl halides is 3. The number of halogens is 4. The first kappa shape index (κ1) is 25.0. The van der Waals surface area contributed by atoms with Crippen molar-refractivity contribution in [2.45, 2.75) is 36.9 Å². The van der Waals surface area contributed by atoms with Gasteiger partial charge in [0.2, 0.25) is 10.0 Å². The monoisotopic (exact) mass is 504 g/mol. The van der Waals surface area contributed by atoms with E-state index in [0.717, 1.165) is 25.0 Å². The number of anilines is 1. The largest absolute Gasteiger partial charge is 0.449 e. The second-order valence-electron chi connectivity index (χ2n) is 7.36. The van der Waals surface area contributed by atoms with Crippen LogP contribution in [0.4, 0.5) is 18.9 Å². The summed E-state index contributed by atoms with van der Waals surface area (Å²) in [4.78, 5) is 24.7. The normalized spacial score (nSPS) is 15.8. The van der Waals surface area contributed by atoms with E-state index in [-0.39, 0.29) is 21.2 Å². The highest BCUT2D eigenvalue weighted by Gasteiger charge is 2.31. The topological polar surface area (TPSA) is 92.8 Å². The first-order valence-electron chi connectivity index (χ1n) is 9.88. The molecule has 0 saturated carbocycles. The van der Waals surface area contributed by atoms with Gasteiger partial charge in [-0.2, -0.15) is 17.5 Å². The number of nitrogens with zero attached hydrogens (tertiary/aromatic N) is 1. The first-order chi connectivity index (χ1) is 15.4. The molecular formula is C21H20ClF3N2O5S. The molecule has 1 aliphatic heterocycles. The Morgan fingerprint density at radius 3 is 2.27 bits per heavy atom. The van der Waals surface area contributed by atoms with Crippen molar-refractivity contribution >= 4 is 39.2 Å². The van der Waals surface area contributed by atoms with Crippen LogP contribution in [0.2, 0.25) is 5.02 Å². The number of amides is 1. The number of benzene rings is 2. The highest BCUT2D eigenvalue weighted by molar-refractivity contribution is 7.89. The van der Waals surface area contributed by atoms with Crippen LogP contribution in [0, 0.1) is 0 Å². The fourth-order valence-electron chi connectivity index (χ4n) is 3.15. The second-order valence-corrected chi connectivity index (χ2v) is 9.71. The Hall–Kier alpha value is -2.63. The highest BCUT2D eigenvalue weighted by atomic mass is 35.5. The Bertz CT molecular complexity index is 1150. The lowest BCUT2D eigenvalue weighted by molar-refractivity contribution is -0.137. The molecule has 0 radical (unpaired) electrons. The molecule has 1 saturated heterocycles. The van der Waals surface area contributed by atoms with Gasteiger partial charge < -0.3 is 10.1 Å². The van der Waals surface area contributed by atoms with Gasteiger partial charge in [-0.15, -0.1) is 0 Å². The lowest BCUT2D eigenvalue weighted by atomic mass is 10.2. The molecule has 7 nitrogen and oxygen atoms in total. The Balaban J connectivity index is 1.65. The molecule has 1 unspecified atom stereocenters. The van der Waals surface area contributed by atoms with E-state index in [1.165, 1.54) is 35.5 Å².